The van der Waals surface area contributed by atoms with Gasteiger partial charge < -0.3 is 11.1 Å². The lowest BCUT2D eigenvalue weighted by Gasteiger charge is -2.25. The van der Waals surface area contributed by atoms with Crippen LogP contribution in [-0.4, -0.2) is 32.7 Å². The van der Waals surface area contributed by atoms with E-state index in [0.29, 0.717) is 11.3 Å². The highest BCUT2D eigenvalue weighted by Crippen LogP contribution is 2.13. The van der Waals surface area contributed by atoms with Crippen molar-refractivity contribution in [3.63, 3.8) is 0 Å². The summed E-state index contributed by atoms with van der Waals surface area (Å²) >= 11 is 0. The van der Waals surface area contributed by atoms with Gasteiger partial charge in [-0.2, -0.15) is 0 Å². The van der Waals surface area contributed by atoms with Crippen molar-refractivity contribution >= 4 is 21.6 Å². The van der Waals surface area contributed by atoms with Crippen LogP contribution in [0.1, 0.15) is 29.8 Å². The van der Waals surface area contributed by atoms with Gasteiger partial charge in [0.25, 0.3) is 5.91 Å². The van der Waals surface area contributed by atoms with E-state index in [4.69, 9.17) is 5.73 Å². The molecule has 0 aliphatic heterocycles. The van der Waals surface area contributed by atoms with E-state index in [1.807, 2.05) is 6.92 Å². The third-order valence-electron chi connectivity index (χ3n) is 2.69. The number of nitrogens with one attached hydrogen (secondary N) is 2. The van der Waals surface area contributed by atoms with Crippen LogP contribution in [0.3, 0.4) is 0 Å². The van der Waals surface area contributed by atoms with Crippen molar-refractivity contribution in [2.45, 2.75) is 26.3 Å². The molecule has 0 aliphatic rings. The molecule has 1 aromatic rings. The molecule has 0 aliphatic carbocycles. The first-order chi connectivity index (χ1) is 9.00. The SMILES string of the molecule is Cc1ccc(C(=O)NCC(C)(C)NS(C)(=O)=O)cc1N. The van der Waals surface area contributed by atoms with E-state index in [9.17, 15) is 13.2 Å². The first-order valence-electron chi connectivity index (χ1n) is 6.13. The minimum Gasteiger partial charge on any atom is -0.398 e. The maximum Gasteiger partial charge on any atom is 0.251 e. The van der Waals surface area contributed by atoms with Crippen molar-refractivity contribution in [2.75, 3.05) is 18.5 Å². The van der Waals surface area contributed by atoms with E-state index in [-0.39, 0.29) is 12.5 Å². The molecular formula is C13H21N3O3S. The number of hydrogen-bond acceptors (Lipinski definition) is 4. The Balaban J connectivity index is 2.69. The Hall–Kier alpha value is -1.60. The number of nitrogen functional groups attached to an aromatic ring is 1. The second kappa shape index (κ2) is 5.80. The molecule has 0 atom stereocenters. The number of amides is 1. The molecular weight excluding hydrogens is 278 g/mol. The predicted molar refractivity (Wildman–Crippen MR) is 80.0 cm³/mol. The van der Waals surface area contributed by atoms with Gasteiger partial charge in [-0.25, -0.2) is 13.1 Å². The van der Waals surface area contributed by atoms with Crippen molar-refractivity contribution in [3.8, 4) is 0 Å². The van der Waals surface area contributed by atoms with Crippen LogP contribution in [0, 0.1) is 6.92 Å². The standard InChI is InChI=1S/C13H21N3O3S/c1-9-5-6-10(7-11(9)14)12(17)15-8-13(2,3)16-20(4,18)19/h5-7,16H,8,14H2,1-4H3,(H,15,17). The predicted octanol–water partition coefficient (Wildman–Crippen LogP) is 0.635. The Morgan fingerprint density at radius 1 is 1.35 bits per heavy atom. The summed E-state index contributed by atoms with van der Waals surface area (Å²) in [5, 5.41) is 2.69. The second-order valence-electron chi connectivity index (χ2n) is 5.51. The van der Waals surface area contributed by atoms with Crippen LogP contribution in [0.25, 0.3) is 0 Å². The number of rotatable bonds is 5. The molecule has 1 aromatic carbocycles. The zero-order valence-corrected chi connectivity index (χ0v) is 13.0. The molecule has 0 saturated carbocycles. The summed E-state index contributed by atoms with van der Waals surface area (Å²) in [5.74, 6) is -0.292. The minimum atomic E-state index is -3.33. The fourth-order valence-electron chi connectivity index (χ4n) is 1.72. The molecule has 0 bridgehead atoms. The zero-order valence-electron chi connectivity index (χ0n) is 12.1. The van der Waals surface area contributed by atoms with Gasteiger partial charge >= 0.3 is 0 Å². The van der Waals surface area contributed by atoms with Crippen molar-refractivity contribution in [1.29, 1.82) is 0 Å². The van der Waals surface area contributed by atoms with Gasteiger partial charge in [-0.15, -0.1) is 0 Å². The average Bonchev–Trinajstić information content (AvgIpc) is 2.26. The lowest BCUT2D eigenvalue weighted by atomic mass is 10.1. The second-order valence-corrected chi connectivity index (χ2v) is 7.26. The summed E-state index contributed by atoms with van der Waals surface area (Å²) in [4.78, 5) is 12.0. The van der Waals surface area contributed by atoms with Gasteiger partial charge in [-0.05, 0) is 38.5 Å². The summed E-state index contributed by atoms with van der Waals surface area (Å²) in [6.45, 7) is 5.42. The van der Waals surface area contributed by atoms with Gasteiger partial charge in [0.15, 0.2) is 0 Å². The summed E-state index contributed by atoms with van der Waals surface area (Å²) < 4.78 is 24.9. The van der Waals surface area contributed by atoms with Gasteiger partial charge in [0, 0.05) is 23.3 Å². The normalized spacial score (nSPS) is 12.2. The molecule has 4 N–H and O–H groups in total. The van der Waals surface area contributed by atoms with Gasteiger partial charge in [0.2, 0.25) is 10.0 Å². The first-order valence-corrected chi connectivity index (χ1v) is 8.03. The van der Waals surface area contributed by atoms with E-state index >= 15 is 0 Å². The third-order valence-corrected chi connectivity index (χ3v) is 3.62. The van der Waals surface area contributed by atoms with E-state index in [0.717, 1.165) is 11.8 Å². The average molecular weight is 299 g/mol. The fraction of sp³-hybridized carbons (Fsp3) is 0.462. The number of carbonyl (C=O) groups excluding carboxylic acids is 1. The van der Waals surface area contributed by atoms with Crippen molar-refractivity contribution in [2.24, 2.45) is 0 Å². The number of aryl methyl sites for hydroxylation is 1. The molecule has 112 valence electrons. The number of carbonyl (C=O) groups is 1. The molecule has 0 spiro atoms. The Labute approximate surface area is 119 Å². The lowest BCUT2D eigenvalue weighted by molar-refractivity contribution is 0.0944. The molecule has 0 heterocycles. The molecule has 7 heteroatoms. The topological polar surface area (TPSA) is 101 Å². The van der Waals surface area contributed by atoms with E-state index in [1.165, 1.54) is 0 Å². The molecule has 0 saturated heterocycles. The molecule has 20 heavy (non-hydrogen) atoms. The Kier molecular flexibility index (Phi) is 4.77. The van der Waals surface area contributed by atoms with Crippen molar-refractivity contribution in [1.82, 2.24) is 10.0 Å². The number of hydrogen-bond donors (Lipinski definition) is 3. The highest BCUT2D eigenvalue weighted by atomic mass is 32.2. The fourth-order valence-corrected chi connectivity index (χ4v) is 2.80. The number of sulfonamides is 1. The quantitative estimate of drug-likeness (QED) is 0.694. The van der Waals surface area contributed by atoms with Gasteiger partial charge in [-0.1, -0.05) is 6.07 Å². The number of anilines is 1. The minimum absolute atomic E-state index is 0.173. The van der Waals surface area contributed by atoms with Crippen LogP contribution in [0.5, 0.6) is 0 Å². The third kappa shape index (κ3) is 5.18. The Morgan fingerprint density at radius 3 is 2.45 bits per heavy atom. The highest BCUT2D eigenvalue weighted by molar-refractivity contribution is 7.88. The lowest BCUT2D eigenvalue weighted by Crippen LogP contribution is -2.51. The van der Waals surface area contributed by atoms with Crippen LogP contribution in [0.4, 0.5) is 5.69 Å². The largest absolute Gasteiger partial charge is 0.398 e. The number of benzene rings is 1. The maximum absolute atomic E-state index is 12.0. The highest BCUT2D eigenvalue weighted by Gasteiger charge is 2.23. The summed E-state index contributed by atoms with van der Waals surface area (Å²) in [7, 11) is -3.33. The van der Waals surface area contributed by atoms with E-state index in [1.54, 1.807) is 32.0 Å². The van der Waals surface area contributed by atoms with Gasteiger partial charge in [0.1, 0.15) is 0 Å². The summed E-state index contributed by atoms with van der Waals surface area (Å²) in [6.07, 6.45) is 1.08. The van der Waals surface area contributed by atoms with Crippen molar-refractivity contribution < 1.29 is 13.2 Å². The smallest absolute Gasteiger partial charge is 0.251 e. The van der Waals surface area contributed by atoms with Gasteiger partial charge in [-0.3, -0.25) is 4.79 Å². The molecule has 6 nitrogen and oxygen atoms in total. The number of nitrogens with two attached hydrogens (primary N) is 1. The monoisotopic (exact) mass is 299 g/mol. The first kappa shape index (κ1) is 16.5. The summed E-state index contributed by atoms with van der Waals surface area (Å²) in [5.41, 5.74) is 6.89. The molecule has 0 radical (unpaired) electrons. The van der Waals surface area contributed by atoms with Crippen LogP contribution in [-0.2, 0) is 10.0 Å². The molecule has 0 fully saturated rings. The van der Waals surface area contributed by atoms with Crippen LogP contribution < -0.4 is 15.8 Å². The Morgan fingerprint density at radius 2 is 1.95 bits per heavy atom. The van der Waals surface area contributed by atoms with Crippen LogP contribution in [0.15, 0.2) is 18.2 Å². The molecule has 1 rings (SSSR count). The molecule has 0 unspecified atom stereocenters. The van der Waals surface area contributed by atoms with E-state index in [2.05, 4.69) is 10.0 Å². The summed E-state index contributed by atoms with van der Waals surface area (Å²) in [6, 6.07) is 5.05. The zero-order chi connectivity index (χ0) is 15.6. The van der Waals surface area contributed by atoms with Gasteiger partial charge in [0.05, 0.1) is 6.26 Å². The van der Waals surface area contributed by atoms with Crippen molar-refractivity contribution in [3.05, 3.63) is 29.3 Å². The molecule has 1 amide bonds. The molecule has 0 aromatic heterocycles. The van der Waals surface area contributed by atoms with Crippen LogP contribution in [0.2, 0.25) is 0 Å². The Bertz CT molecular complexity index is 609. The van der Waals surface area contributed by atoms with E-state index < -0.39 is 15.6 Å². The van der Waals surface area contributed by atoms with Crippen LogP contribution >= 0.6 is 0 Å². The maximum atomic E-state index is 12.0.